The molecule has 0 bridgehead atoms. The Kier molecular flexibility index (Phi) is 7.77. The second-order valence-electron chi connectivity index (χ2n) is 8.02. The van der Waals surface area contributed by atoms with Crippen LogP contribution in [-0.2, 0) is 4.79 Å². The summed E-state index contributed by atoms with van der Waals surface area (Å²) in [6.45, 7) is 6.06. The molecule has 1 unspecified atom stereocenters. The van der Waals surface area contributed by atoms with Crippen LogP contribution in [-0.4, -0.2) is 26.2 Å². The molecule has 3 rings (SSSR count). The number of rotatable bonds is 9. The van der Waals surface area contributed by atoms with Gasteiger partial charge in [-0.3, -0.25) is 4.79 Å². The largest absolute Gasteiger partial charge is 0.497 e. The number of carbonyl (C=O) groups is 1. The molecule has 3 aromatic rings. The lowest BCUT2D eigenvalue weighted by molar-refractivity contribution is -0.116. The Balaban J connectivity index is 1.84. The van der Waals surface area contributed by atoms with Crippen molar-refractivity contribution in [2.45, 2.75) is 39.2 Å². The highest BCUT2D eigenvalue weighted by Crippen LogP contribution is 2.32. The van der Waals surface area contributed by atoms with Crippen molar-refractivity contribution >= 4 is 11.6 Å². The molecular weight excluding hydrogens is 402 g/mol. The van der Waals surface area contributed by atoms with Crippen molar-refractivity contribution in [3.05, 3.63) is 83.4 Å². The molecular formula is C27H31NO4. The van der Waals surface area contributed by atoms with Crippen LogP contribution in [0.15, 0.2) is 66.7 Å². The van der Waals surface area contributed by atoms with Crippen LogP contribution >= 0.6 is 0 Å². The van der Waals surface area contributed by atoms with E-state index in [1.165, 1.54) is 5.56 Å². The first-order valence-electron chi connectivity index (χ1n) is 10.7. The number of hydrogen-bond acceptors (Lipinski definition) is 4. The SMILES string of the molecule is COc1ccc(NC(=O)CC(c2ccc(C)cc2)c2ccc(OC(C)C)cc2)c(OC)c1. The van der Waals surface area contributed by atoms with Crippen molar-refractivity contribution in [1.29, 1.82) is 0 Å². The van der Waals surface area contributed by atoms with Crippen LogP contribution < -0.4 is 19.5 Å². The van der Waals surface area contributed by atoms with E-state index in [0.717, 1.165) is 16.9 Å². The number of nitrogens with one attached hydrogen (secondary N) is 1. The first-order valence-corrected chi connectivity index (χ1v) is 10.7. The van der Waals surface area contributed by atoms with E-state index < -0.39 is 0 Å². The van der Waals surface area contributed by atoms with E-state index in [0.29, 0.717) is 23.6 Å². The molecule has 3 aromatic carbocycles. The smallest absolute Gasteiger partial charge is 0.225 e. The fourth-order valence-corrected chi connectivity index (χ4v) is 3.57. The van der Waals surface area contributed by atoms with Gasteiger partial charge in [-0.1, -0.05) is 42.0 Å². The third-order valence-electron chi connectivity index (χ3n) is 5.21. The molecule has 1 atom stereocenters. The molecule has 0 spiro atoms. The van der Waals surface area contributed by atoms with Crippen LogP contribution in [0.25, 0.3) is 0 Å². The summed E-state index contributed by atoms with van der Waals surface area (Å²) in [5.74, 6) is 1.86. The maximum Gasteiger partial charge on any atom is 0.225 e. The number of benzene rings is 3. The van der Waals surface area contributed by atoms with Gasteiger partial charge in [0.05, 0.1) is 26.0 Å². The fourth-order valence-electron chi connectivity index (χ4n) is 3.57. The zero-order valence-electron chi connectivity index (χ0n) is 19.3. The fraction of sp³-hybridized carbons (Fsp3) is 0.296. The summed E-state index contributed by atoms with van der Waals surface area (Å²) in [6.07, 6.45) is 0.404. The van der Waals surface area contributed by atoms with E-state index >= 15 is 0 Å². The minimum atomic E-state index is -0.0958. The Morgan fingerprint density at radius 3 is 2.00 bits per heavy atom. The summed E-state index contributed by atoms with van der Waals surface area (Å²) in [5.41, 5.74) is 3.94. The van der Waals surface area contributed by atoms with Gasteiger partial charge in [0.25, 0.3) is 0 Å². The van der Waals surface area contributed by atoms with E-state index in [2.05, 4.69) is 36.5 Å². The Morgan fingerprint density at radius 2 is 1.44 bits per heavy atom. The lowest BCUT2D eigenvalue weighted by Crippen LogP contribution is -2.17. The normalized spacial score (nSPS) is 11.7. The lowest BCUT2D eigenvalue weighted by Gasteiger charge is -2.20. The molecule has 32 heavy (non-hydrogen) atoms. The highest BCUT2D eigenvalue weighted by molar-refractivity contribution is 5.93. The molecule has 1 amide bonds. The number of ether oxygens (including phenoxy) is 3. The zero-order chi connectivity index (χ0) is 23.1. The van der Waals surface area contributed by atoms with Crippen molar-refractivity contribution in [3.8, 4) is 17.2 Å². The van der Waals surface area contributed by atoms with Crippen molar-refractivity contribution in [1.82, 2.24) is 0 Å². The standard InChI is InChI=1S/C27H31NO4/c1-18(2)32-22-12-10-21(11-13-22)24(20-8-6-19(3)7-9-20)17-27(29)28-25-15-14-23(30-4)16-26(25)31-5/h6-16,18,24H,17H2,1-5H3,(H,28,29). The first-order chi connectivity index (χ1) is 15.4. The molecule has 168 valence electrons. The molecule has 1 N–H and O–H groups in total. The van der Waals surface area contributed by atoms with E-state index in [4.69, 9.17) is 14.2 Å². The van der Waals surface area contributed by atoms with Crippen LogP contribution in [0, 0.1) is 6.92 Å². The molecule has 0 fully saturated rings. The van der Waals surface area contributed by atoms with Crippen molar-refractivity contribution in [2.24, 2.45) is 0 Å². The molecule has 0 aliphatic rings. The minimum absolute atomic E-state index is 0.0899. The van der Waals surface area contributed by atoms with E-state index in [-0.39, 0.29) is 17.9 Å². The van der Waals surface area contributed by atoms with Crippen molar-refractivity contribution in [2.75, 3.05) is 19.5 Å². The summed E-state index contributed by atoms with van der Waals surface area (Å²) in [7, 11) is 3.16. The number of hydrogen-bond donors (Lipinski definition) is 1. The average Bonchev–Trinajstić information content (AvgIpc) is 2.78. The van der Waals surface area contributed by atoms with E-state index in [9.17, 15) is 4.79 Å². The summed E-state index contributed by atoms with van der Waals surface area (Å²) in [4.78, 5) is 13.0. The van der Waals surface area contributed by atoms with Gasteiger partial charge >= 0.3 is 0 Å². The monoisotopic (exact) mass is 433 g/mol. The molecule has 0 radical (unpaired) electrons. The van der Waals surface area contributed by atoms with Crippen molar-refractivity contribution in [3.63, 3.8) is 0 Å². The maximum absolute atomic E-state index is 13.0. The highest BCUT2D eigenvalue weighted by Gasteiger charge is 2.20. The predicted octanol–water partition coefficient (Wildman–Crippen LogP) is 5.96. The van der Waals surface area contributed by atoms with Gasteiger partial charge in [-0.25, -0.2) is 0 Å². The van der Waals surface area contributed by atoms with Gasteiger partial charge in [-0.05, 0) is 56.2 Å². The number of anilines is 1. The Morgan fingerprint density at radius 1 is 0.844 bits per heavy atom. The minimum Gasteiger partial charge on any atom is -0.497 e. The second-order valence-corrected chi connectivity index (χ2v) is 8.02. The van der Waals surface area contributed by atoms with Crippen LogP contribution in [0.1, 0.15) is 42.9 Å². The van der Waals surface area contributed by atoms with Gasteiger partial charge in [-0.2, -0.15) is 0 Å². The lowest BCUT2D eigenvalue weighted by atomic mass is 9.87. The maximum atomic E-state index is 13.0. The summed E-state index contributed by atoms with van der Waals surface area (Å²) >= 11 is 0. The predicted molar refractivity (Wildman–Crippen MR) is 128 cm³/mol. The van der Waals surface area contributed by atoms with Gasteiger partial charge in [0.1, 0.15) is 17.2 Å². The number of methoxy groups -OCH3 is 2. The van der Waals surface area contributed by atoms with Gasteiger partial charge in [0.2, 0.25) is 5.91 Å². The highest BCUT2D eigenvalue weighted by atomic mass is 16.5. The second kappa shape index (κ2) is 10.7. The Bertz CT molecular complexity index is 1030. The van der Waals surface area contributed by atoms with Crippen molar-refractivity contribution < 1.29 is 19.0 Å². The molecule has 0 aliphatic carbocycles. The quantitative estimate of drug-likeness (QED) is 0.452. The number of aryl methyl sites for hydroxylation is 1. The molecule has 0 aromatic heterocycles. The van der Waals surface area contributed by atoms with E-state index in [1.807, 2.05) is 38.1 Å². The topological polar surface area (TPSA) is 56.8 Å². The van der Waals surface area contributed by atoms with Crippen LogP contribution in [0.4, 0.5) is 5.69 Å². The first kappa shape index (κ1) is 23.2. The molecule has 5 nitrogen and oxygen atoms in total. The average molecular weight is 434 g/mol. The molecule has 5 heteroatoms. The molecule has 0 saturated carbocycles. The van der Waals surface area contributed by atoms with Gasteiger partial charge in [0.15, 0.2) is 0 Å². The van der Waals surface area contributed by atoms with Crippen LogP contribution in [0.2, 0.25) is 0 Å². The summed E-state index contributed by atoms with van der Waals surface area (Å²) in [6, 6.07) is 21.6. The van der Waals surface area contributed by atoms with Gasteiger partial charge in [-0.15, -0.1) is 0 Å². The third-order valence-corrected chi connectivity index (χ3v) is 5.21. The molecule has 0 saturated heterocycles. The van der Waals surface area contributed by atoms with Gasteiger partial charge < -0.3 is 19.5 Å². The van der Waals surface area contributed by atoms with Gasteiger partial charge in [0, 0.05) is 18.4 Å². The molecule has 0 aliphatic heterocycles. The van der Waals surface area contributed by atoms with Crippen LogP contribution in [0.5, 0.6) is 17.2 Å². The summed E-state index contributed by atoms with van der Waals surface area (Å²) in [5, 5.41) is 2.99. The number of carbonyl (C=O) groups excluding carboxylic acids is 1. The number of amides is 1. The molecule has 0 heterocycles. The van der Waals surface area contributed by atoms with Crippen LogP contribution in [0.3, 0.4) is 0 Å². The zero-order valence-corrected chi connectivity index (χ0v) is 19.3. The Hall–Kier alpha value is -3.47. The third kappa shape index (κ3) is 6.03. The van der Waals surface area contributed by atoms with E-state index in [1.54, 1.807) is 32.4 Å². The summed E-state index contributed by atoms with van der Waals surface area (Å²) < 4.78 is 16.4. The Labute approximate surface area is 190 Å².